The van der Waals surface area contributed by atoms with Crippen molar-refractivity contribution in [2.45, 2.75) is 19.4 Å². The predicted molar refractivity (Wildman–Crippen MR) is 153 cm³/mol. The fourth-order valence-electron chi connectivity index (χ4n) is 2.23. The Kier molecular flexibility index (Phi) is 12.4. The molecule has 2 aromatic rings. The van der Waals surface area contributed by atoms with E-state index in [0.717, 1.165) is 10.7 Å². The van der Waals surface area contributed by atoms with Gasteiger partial charge in [0.2, 0.25) is 9.84 Å². The van der Waals surface area contributed by atoms with Gasteiger partial charge in [0.1, 0.15) is 24.7 Å². The molecule has 0 aliphatic heterocycles. The molecule has 0 radical (unpaired) electrons. The van der Waals surface area contributed by atoms with Gasteiger partial charge in [0.05, 0.1) is 37.3 Å². The van der Waals surface area contributed by atoms with Crippen molar-refractivity contribution in [1.29, 1.82) is 0 Å². The van der Waals surface area contributed by atoms with Crippen molar-refractivity contribution >= 4 is 137 Å². The highest BCUT2D eigenvalue weighted by Crippen LogP contribution is 2.41. The van der Waals surface area contributed by atoms with E-state index >= 15 is 0 Å². The molecule has 2 atom stereocenters. The van der Waals surface area contributed by atoms with Crippen molar-refractivity contribution in [2.75, 3.05) is 23.9 Å². The molecule has 2 aromatic carbocycles. The summed E-state index contributed by atoms with van der Waals surface area (Å²) in [4.78, 5) is 0.502. The van der Waals surface area contributed by atoms with Gasteiger partial charge < -0.3 is 9.47 Å². The van der Waals surface area contributed by atoms with Crippen LogP contribution in [0.1, 0.15) is 0 Å². The standard InChI is InChI=1S/C18H14Br8O4S/c19-5-9(21)7-29-17-13(23)1-11(2-14(17)24)31(27,28)12-3-15(25)18(16(26)4-12)30-8-10(22)6-20/h1-4,9-10H,5-8H2/t9-,10-/m0/s1. The first kappa shape index (κ1) is 29.1. The number of halogens is 8. The van der Waals surface area contributed by atoms with Crippen molar-refractivity contribution < 1.29 is 17.9 Å². The Hall–Kier alpha value is 1.83. The summed E-state index contributed by atoms with van der Waals surface area (Å²) < 4.78 is 40.3. The molecule has 2 rings (SSSR count). The summed E-state index contributed by atoms with van der Waals surface area (Å²) in [5, 5.41) is 1.45. The molecule has 0 unspecified atom stereocenters. The quantitative estimate of drug-likeness (QED) is 0.224. The van der Waals surface area contributed by atoms with E-state index in [-0.39, 0.29) is 19.4 Å². The smallest absolute Gasteiger partial charge is 0.206 e. The number of ether oxygens (including phenoxy) is 2. The van der Waals surface area contributed by atoms with Crippen LogP contribution >= 0.6 is 127 Å². The first-order valence-electron chi connectivity index (χ1n) is 8.40. The zero-order valence-corrected chi connectivity index (χ0v) is 28.9. The third-order valence-electron chi connectivity index (χ3n) is 3.72. The Morgan fingerprint density at radius 3 is 1.23 bits per heavy atom. The van der Waals surface area contributed by atoms with Gasteiger partial charge in [-0.2, -0.15) is 0 Å². The Balaban J connectivity index is 2.37. The summed E-state index contributed by atoms with van der Waals surface area (Å²) in [6.07, 6.45) is 0. The zero-order chi connectivity index (χ0) is 23.3. The van der Waals surface area contributed by atoms with Crippen molar-refractivity contribution in [3.8, 4) is 11.5 Å². The summed E-state index contributed by atoms with van der Waals surface area (Å²) >= 11 is 27.4. The fraction of sp³-hybridized carbons (Fsp3) is 0.333. The van der Waals surface area contributed by atoms with Gasteiger partial charge in [-0.05, 0) is 88.0 Å². The van der Waals surface area contributed by atoms with Gasteiger partial charge in [-0.25, -0.2) is 8.42 Å². The Morgan fingerprint density at radius 2 is 0.968 bits per heavy atom. The maximum atomic E-state index is 13.3. The number of rotatable bonds is 10. The predicted octanol–water partition coefficient (Wildman–Crippen LogP) is 8.64. The molecule has 0 amide bonds. The third kappa shape index (κ3) is 7.91. The molecule has 31 heavy (non-hydrogen) atoms. The largest absolute Gasteiger partial charge is 0.490 e. The second-order valence-electron chi connectivity index (χ2n) is 6.06. The number of alkyl halides is 4. The second kappa shape index (κ2) is 13.2. The average molecular weight is 966 g/mol. The van der Waals surface area contributed by atoms with Gasteiger partial charge in [-0.1, -0.05) is 63.7 Å². The van der Waals surface area contributed by atoms with Crippen LogP contribution in [0.5, 0.6) is 11.5 Å². The minimum atomic E-state index is -3.80. The number of hydrogen-bond donors (Lipinski definition) is 0. The number of sulfone groups is 1. The van der Waals surface area contributed by atoms with Gasteiger partial charge in [-0.15, -0.1) is 0 Å². The normalized spacial score (nSPS) is 13.7. The maximum Gasteiger partial charge on any atom is 0.206 e. The lowest BCUT2D eigenvalue weighted by Gasteiger charge is -2.16. The van der Waals surface area contributed by atoms with E-state index in [4.69, 9.17) is 9.47 Å². The van der Waals surface area contributed by atoms with Gasteiger partial charge in [0, 0.05) is 10.7 Å². The van der Waals surface area contributed by atoms with Gasteiger partial charge in [0.15, 0.2) is 0 Å². The van der Waals surface area contributed by atoms with Crippen molar-refractivity contribution in [3.63, 3.8) is 0 Å². The van der Waals surface area contributed by atoms with Crippen molar-refractivity contribution in [1.82, 2.24) is 0 Å². The molecule has 172 valence electrons. The minimum Gasteiger partial charge on any atom is -0.490 e. The molecule has 0 fully saturated rings. The molecule has 0 spiro atoms. The van der Waals surface area contributed by atoms with E-state index in [2.05, 4.69) is 127 Å². The Bertz CT molecular complexity index is 910. The summed E-state index contributed by atoms with van der Waals surface area (Å²) in [6.45, 7) is 0.834. The highest BCUT2D eigenvalue weighted by atomic mass is 79.9. The maximum absolute atomic E-state index is 13.3. The van der Waals surface area contributed by atoms with E-state index in [1.807, 2.05) is 0 Å². The molecule has 4 nitrogen and oxygen atoms in total. The summed E-state index contributed by atoms with van der Waals surface area (Å²) in [5.74, 6) is 1.07. The molecule has 13 heteroatoms. The fourth-order valence-corrected chi connectivity index (χ4v) is 7.67. The molecule has 0 aromatic heterocycles. The van der Waals surface area contributed by atoms with E-state index < -0.39 is 9.84 Å². The van der Waals surface area contributed by atoms with E-state index in [1.54, 1.807) is 0 Å². The molecule has 0 heterocycles. The first-order chi connectivity index (χ1) is 14.5. The molecular formula is C18H14Br8O4S. The average Bonchev–Trinajstić information content (AvgIpc) is 2.71. The van der Waals surface area contributed by atoms with Crippen LogP contribution in [-0.2, 0) is 9.84 Å². The Labute approximate surface area is 248 Å². The lowest BCUT2D eigenvalue weighted by Crippen LogP contribution is -2.13. The molecule has 0 bridgehead atoms. The highest BCUT2D eigenvalue weighted by Gasteiger charge is 2.24. The lowest BCUT2D eigenvalue weighted by molar-refractivity contribution is 0.321. The monoisotopic (exact) mass is 957 g/mol. The summed E-state index contributed by atoms with van der Waals surface area (Å²) in [7, 11) is -3.80. The number of benzene rings is 2. The highest BCUT2D eigenvalue weighted by molar-refractivity contribution is 9.12. The number of hydrogen-bond acceptors (Lipinski definition) is 4. The third-order valence-corrected chi connectivity index (χ3v) is 12.3. The van der Waals surface area contributed by atoms with Crippen LogP contribution < -0.4 is 9.47 Å². The first-order valence-corrected chi connectivity index (χ1v) is 17.1. The zero-order valence-electron chi connectivity index (χ0n) is 15.4. The lowest BCUT2D eigenvalue weighted by atomic mass is 10.3. The molecular weight excluding hydrogens is 951 g/mol. The minimum absolute atomic E-state index is 0.125. The topological polar surface area (TPSA) is 52.6 Å². The van der Waals surface area contributed by atoms with E-state index in [0.29, 0.717) is 42.6 Å². The molecule has 0 aliphatic carbocycles. The van der Waals surface area contributed by atoms with E-state index in [1.165, 1.54) is 24.3 Å². The molecule has 0 aliphatic rings. The summed E-state index contributed by atoms with van der Waals surface area (Å²) in [6, 6.07) is 6.13. The molecule has 0 N–H and O–H groups in total. The van der Waals surface area contributed by atoms with Crippen molar-refractivity contribution in [2.24, 2.45) is 0 Å². The molecule has 0 saturated heterocycles. The Morgan fingerprint density at radius 1 is 0.677 bits per heavy atom. The van der Waals surface area contributed by atoms with E-state index in [9.17, 15) is 8.42 Å². The van der Waals surface area contributed by atoms with Crippen LogP contribution in [0.2, 0.25) is 0 Å². The molecule has 0 saturated carbocycles. The van der Waals surface area contributed by atoms with Crippen LogP contribution in [0.25, 0.3) is 0 Å². The van der Waals surface area contributed by atoms with Gasteiger partial charge >= 0.3 is 0 Å². The van der Waals surface area contributed by atoms with Crippen LogP contribution in [0.3, 0.4) is 0 Å². The van der Waals surface area contributed by atoms with Gasteiger partial charge in [0.25, 0.3) is 0 Å². The summed E-state index contributed by atoms with van der Waals surface area (Å²) in [5.41, 5.74) is 0. The van der Waals surface area contributed by atoms with Crippen molar-refractivity contribution in [3.05, 3.63) is 42.2 Å². The SMILES string of the molecule is O=S(=O)(c1cc(Br)c(OC[C@@H](Br)CBr)c(Br)c1)c1cc(Br)c(OC[C@@H](Br)CBr)c(Br)c1. The van der Waals surface area contributed by atoms with Crippen LogP contribution in [-0.4, -0.2) is 41.9 Å². The van der Waals surface area contributed by atoms with Crippen LogP contribution in [0, 0.1) is 0 Å². The van der Waals surface area contributed by atoms with Crippen LogP contribution in [0.15, 0.2) is 51.9 Å². The van der Waals surface area contributed by atoms with Crippen LogP contribution in [0.4, 0.5) is 0 Å². The van der Waals surface area contributed by atoms with Gasteiger partial charge in [-0.3, -0.25) is 0 Å². The second-order valence-corrected chi connectivity index (χ2v) is 15.3.